The van der Waals surface area contributed by atoms with Crippen molar-refractivity contribution < 1.29 is 13.2 Å². The third kappa shape index (κ3) is 4.17. The molecule has 0 aliphatic carbocycles. The Morgan fingerprint density at radius 1 is 1.53 bits per heavy atom. The van der Waals surface area contributed by atoms with Gasteiger partial charge in [0.15, 0.2) is 0 Å². The Balaban J connectivity index is 2.55. The van der Waals surface area contributed by atoms with E-state index in [2.05, 4.69) is 5.32 Å². The Hall–Kier alpha value is -0.620. The van der Waals surface area contributed by atoms with Gasteiger partial charge in [-0.3, -0.25) is 4.79 Å². The molecule has 0 bridgehead atoms. The standard InChI is InChI=1S/C9H18N2O3S/c1-8-9(12)11(5-3-4-10-8)6-7-15(2,13)14/h8,10H,3-7H2,1-2H3. The molecule has 1 unspecified atom stereocenters. The number of sulfone groups is 1. The summed E-state index contributed by atoms with van der Waals surface area (Å²) in [6.45, 7) is 3.57. The number of carbonyl (C=O) groups excluding carboxylic acids is 1. The zero-order valence-corrected chi connectivity index (χ0v) is 10.0. The minimum absolute atomic E-state index is 0.00356. The monoisotopic (exact) mass is 234 g/mol. The first-order chi connectivity index (χ1) is 6.90. The van der Waals surface area contributed by atoms with E-state index in [9.17, 15) is 13.2 Å². The average molecular weight is 234 g/mol. The van der Waals surface area contributed by atoms with Crippen LogP contribution in [0.4, 0.5) is 0 Å². The molecule has 1 aliphatic rings. The fraction of sp³-hybridized carbons (Fsp3) is 0.889. The maximum Gasteiger partial charge on any atom is 0.239 e. The molecule has 1 heterocycles. The molecule has 15 heavy (non-hydrogen) atoms. The molecule has 1 aliphatic heterocycles. The molecule has 0 spiro atoms. The van der Waals surface area contributed by atoms with Crippen molar-refractivity contribution >= 4 is 15.7 Å². The molecule has 1 rings (SSSR count). The van der Waals surface area contributed by atoms with Crippen LogP contribution in [0.1, 0.15) is 13.3 Å². The van der Waals surface area contributed by atoms with Gasteiger partial charge in [-0.1, -0.05) is 0 Å². The lowest BCUT2D eigenvalue weighted by Crippen LogP contribution is -2.43. The molecule has 0 radical (unpaired) electrons. The van der Waals surface area contributed by atoms with Crippen LogP contribution in [0.15, 0.2) is 0 Å². The van der Waals surface area contributed by atoms with Crippen LogP contribution in [0.2, 0.25) is 0 Å². The van der Waals surface area contributed by atoms with Crippen molar-refractivity contribution in [1.29, 1.82) is 0 Å². The van der Waals surface area contributed by atoms with Crippen LogP contribution in [0.3, 0.4) is 0 Å². The van der Waals surface area contributed by atoms with Gasteiger partial charge in [0.05, 0.1) is 11.8 Å². The summed E-state index contributed by atoms with van der Waals surface area (Å²) >= 11 is 0. The molecule has 1 amide bonds. The van der Waals surface area contributed by atoms with Crippen LogP contribution in [-0.2, 0) is 14.6 Å². The van der Waals surface area contributed by atoms with E-state index in [-0.39, 0.29) is 17.7 Å². The van der Waals surface area contributed by atoms with Crippen molar-refractivity contribution in [3.63, 3.8) is 0 Å². The lowest BCUT2D eigenvalue weighted by Gasteiger charge is -2.21. The van der Waals surface area contributed by atoms with Gasteiger partial charge < -0.3 is 10.2 Å². The van der Waals surface area contributed by atoms with Crippen LogP contribution in [0.25, 0.3) is 0 Å². The highest BCUT2D eigenvalue weighted by Crippen LogP contribution is 2.02. The molecule has 1 atom stereocenters. The van der Waals surface area contributed by atoms with Crippen LogP contribution >= 0.6 is 0 Å². The molecule has 5 nitrogen and oxygen atoms in total. The summed E-state index contributed by atoms with van der Waals surface area (Å²) in [7, 11) is -2.99. The summed E-state index contributed by atoms with van der Waals surface area (Å²) in [5.41, 5.74) is 0. The van der Waals surface area contributed by atoms with E-state index in [0.29, 0.717) is 13.1 Å². The van der Waals surface area contributed by atoms with Crippen molar-refractivity contribution in [3.05, 3.63) is 0 Å². The second-order valence-corrected chi connectivity index (χ2v) is 6.24. The zero-order valence-electron chi connectivity index (χ0n) is 9.19. The van der Waals surface area contributed by atoms with Crippen LogP contribution in [0, 0.1) is 0 Å². The van der Waals surface area contributed by atoms with Gasteiger partial charge >= 0.3 is 0 Å². The first kappa shape index (κ1) is 12.4. The second-order valence-electron chi connectivity index (χ2n) is 3.98. The van der Waals surface area contributed by atoms with Gasteiger partial charge in [-0.2, -0.15) is 0 Å². The maximum absolute atomic E-state index is 11.7. The first-order valence-electron chi connectivity index (χ1n) is 5.10. The number of rotatable bonds is 3. The predicted octanol–water partition coefficient (Wildman–Crippen LogP) is -0.759. The lowest BCUT2D eigenvalue weighted by atomic mass is 10.3. The Bertz CT molecular complexity index is 326. The van der Waals surface area contributed by atoms with Crippen molar-refractivity contribution in [3.8, 4) is 0 Å². The number of hydrogen-bond donors (Lipinski definition) is 1. The molecule has 0 saturated carbocycles. The third-order valence-corrected chi connectivity index (χ3v) is 3.39. The Labute approximate surface area is 90.7 Å². The molecule has 0 aromatic carbocycles. The molecule has 1 saturated heterocycles. The van der Waals surface area contributed by atoms with Crippen molar-refractivity contribution in [2.75, 3.05) is 31.6 Å². The van der Waals surface area contributed by atoms with Gasteiger partial charge in [0, 0.05) is 19.3 Å². The van der Waals surface area contributed by atoms with Crippen molar-refractivity contribution in [2.45, 2.75) is 19.4 Å². The normalized spacial score (nSPS) is 24.0. The van der Waals surface area contributed by atoms with E-state index in [1.807, 2.05) is 0 Å². The number of carbonyl (C=O) groups is 1. The first-order valence-corrected chi connectivity index (χ1v) is 7.16. The highest BCUT2D eigenvalue weighted by Gasteiger charge is 2.23. The number of nitrogens with zero attached hydrogens (tertiary/aromatic N) is 1. The minimum Gasteiger partial charge on any atom is -0.340 e. The van der Waals surface area contributed by atoms with Gasteiger partial charge in [-0.05, 0) is 19.9 Å². The number of amides is 1. The van der Waals surface area contributed by atoms with Gasteiger partial charge in [0.1, 0.15) is 9.84 Å². The lowest BCUT2D eigenvalue weighted by molar-refractivity contribution is -0.131. The van der Waals surface area contributed by atoms with Gasteiger partial charge in [0.25, 0.3) is 0 Å². The second kappa shape index (κ2) is 4.94. The summed E-state index contributed by atoms with van der Waals surface area (Å²) in [5, 5.41) is 3.08. The average Bonchev–Trinajstić information content (AvgIpc) is 2.27. The van der Waals surface area contributed by atoms with E-state index in [4.69, 9.17) is 0 Å². The number of nitrogens with one attached hydrogen (secondary N) is 1. The summed E-state index contributed by atoms with van der Waals surface area (Å²) in [6.07, 6.45) is 2.07. The molecule has 88 valence electrons. The molecular weight excluding hydrogens is 216 g/mol. The fourth-order valence-corrected chi connectivity index (χ4v) is 2.11. The summed E-state index contributed by atoms with van der Waals surface area (Å²) in [4.78, 5) is 13.4. The van der Waals surface area contributed by atoms with Gasteiger partial charge in [-0.15, -0.1) is 0 Å². The topological polar surface area (TPSA) is 66.5 Å². The number of hydrogen-bond acceptors (Lipinski definition) is 4. The molecule has 6 heteroatoms. The van der Waals surface area contributed by atoms with Crippen LogP contribution in [0.5, 0.6) is 0 Å². The Kier molecular flexibility index (Phi) is 4.10. The predicted molar refractivity (Wildman–Crippen MR) is 58.4 cm³/mol. The van der Waals surface area contributed by atoms with Crippen LogP contribution in [-0.4, -0.2) is 56.9 Å². The summed E-state index contributed by atoms with van der Waals surface area (Å²) in [5.74, 6) is 0.0435. The Morgan fingerprint density at radius 3 is 2.80 bits per heavy atom. The van der Waals surface area contributed by atoms with E-state index >= 15 is 0 Å². The van der Waals surface area contributed by atoms with Gasteiger partial charge in [-0.25, -0.2) is 8.42 Å². The summed E-state index contributed by atoms with van der Waals surface area (Å²) in [6, 6.07) is -0.202. The smallest absolute Gasteiger partial charge is 0.239 e. The zero-order chi connectivity index (χ0) is 11.5. The van der Waals surface area contributed by atoms with Gasteiger partial charge in [0.2, 0.25) is 5.91 Å². The Morgan fingerprint density at radius 2 is 2.20 bits per heavy atom. The minimum atomic E-state index is -2.99. The fourth-order valence-electron chi connectivity index (χ4n) is 1.56. The molecule has 1 N–H and O–H groups in total. The highest BCUT2D eigenvalue weighted by molar-refractivity contribution is 7.90. The third-order valence-electron chi connectivity index (χ3n) is 2.47. The summed E-state index contributed by atoms with van der Waals surface area (Å²) < 4.78 is 22.0. The molecular formula is C9H18N2O3S. The maximum atomic E-state index is 11.7. The van der Waals surface area contributed by atoms with E-state index < -0.39 is 9.84 Å². The van der Waals surface area contributed by atoms with E-state index in [1.165, 1.54) is 6.26 Å². The molecule has 0 aromatic rings. The molecule has 1 fully saturated rings. The van der Waals surface area contributed by atoms with Crippen LogP contribution < -0.4 is 5.32 Å². The van der Waals surface area contributed by atoms with E-state index in [0.717, 1.165) is 13.0 Å². The van der Waals surface area contributed by atoms with E-state index in [1.54, 1.807) is 11.8 Å². The SMILES string of the molecule is CC1NCCCN(CCS(C)(=O)=O)C1=O. The van der Waals surface area contributed by atoms with Crippen molar-refractivity contribution in [1.82, 2.24) is 10.2 Å². The quantitative estimate of drug-likeness (QED) is 0.697. The van der Waals surface area contributed by atoms with Crippen molar-refractivity contribution in [2.24, 2.45) is 0 Å². The molecule has 0 aromatic heterocycles. The largest absolute Gasteiger partial charge is 0.340 e. The highest BCUT2D eigenvalue weighted by atomic mass is 32.2.